The smallest absolute Gasteiger partial charge is 0.305 e. The van der Waals surface area contributed by atoms with Gasteiger partial charge in [0.05, 0.1) is 7.11 Å². The fourth-order valence-electron chi connectivity index (χ4n) is 3.12. The highest BCUT2D eigenvalue weighted by molar-refractivity contribution is 5.77. The molecule has 0 bridgehead atoms. The summed E-state index contributed by atoms with van der Waals surface area (Å²) in [6, 6.07) is 0.406. The second-order valence-electron chi connectivity index (χ2n) is 5.68. The quantitative estimate of drug-likeness (QED) is 0.764. The lowest BCUT2D eigenvalue weighted by Crippen LogP contribution is -2.30. The number of rotatable bonds is 5. The molecule has 1 amide bonds. The van der Waals surface area contributed by atoms with Crippen LogP contribution >= 0.6 is 0 Å². The summed E-state index contributed by atoms with van der Waals surface area (Å²) < 4.78 is 4.54. The molecule has 0 aromatic rings. The van der Waals surface area contributed by atoms with Crippen molar-refractivity contribution in [3.05, 3.63) is 0 Å². The van der Waals surface area contributed by atoms with Crippen LogP contribution in [0.1, 0.15) is 57.8 Å². The first-order valence-electron chi connectivity index (χ1n) is 7.02. The summed E-state index contributed by atoms with van der Waals surface area (Å²) in [7, 11) is 1.37. The molecule has 2 aliphatic rings. The van der Waals surface area contributed by atoms with Crippen molar-refractivity contribution in [3.8, 4) is 0 Å². The zero-order valence-electron chi connectivity index (χ0n) is 11.2. The van der Waals surface area contributed by atoms with Gasteiger partial charge in [-0.3, -0.25) is 9.59 Å². The number of esters is 1. The molecule has 1 atom stereocenters. The Morgan fingerprint density at radius 2 is 1.94 bits per heavy atom. The monoisotopic (exact) mass is 253 g/mol. The van der Waals surface area contributed by atoms with Gasteiger partial charge >= 0.3 is 5.97 Å². The molecule has 1 spiro atoms. The topological polar surface area (TPSA) is 55.4 Å². The maximum absolute atomic E-state index is 11.7. The lowest BCUT2D eigenvalue weighted by atomic mass is 9.86. The van der Waals surface area contributed by atoms with Gasteiger partial charge in [-0.2, -0.15) is 0 Å². The van der Waals surface area contributed by atoms with E-state index < -0.39 is 0 Å². The molecule has 102 valence electrons. The van der Waals surface area contributed by atoms with Gasteiger partial charge in [-0.05, 0) is 31.1 Å². The Morgan fingerprint density at radius 3 is 2.61 bits per heavy atom. The summed E-state index contributed by atoms with van der Waals surface area (Å²) in [5.74, 6) is -0.149. The minimum absolute atomic E-state index is 0.0892. The first kappa shape index (κ1) is 13.4. The van der Waals surface area contributed by atoms with Crippen LogP contribution in [0.5, 0.6) is 0 Å². The van der Waals surface area contributed by atoms with Crippen molar-refractivity contribution in [1.82, 2.24) is 5.32 Å². The van der Waals surface area contributed by atoms with E-state index in [9.17, 15) is 9.59 Å². The Labute approximate surface area is 108 Å². The minimum Gasteiger partial charge on any atom is -0.469 e. The number of carbonyl (C=O) groups is 2. The lowest BCUT2D eigenvalue weighted by molar-refractivity contribution is -0.140. The summed E-state index contributed by atoms with van der Waals surface area (Å²) in [5, 5.41) is 3.12. The van der Waals surface area contributed by atoms with Gasteiger partial charge < -0.3 is 10.1 Å². The van der Waals surface area contributed by atoms with Crippen molar-refractivity contribution < 1.29 is 14.3 Å². The highest BCUT2D eigenvalue weighted by Crippen LogP contribution is 2.56. The number of hydrogen-bond donors (Lipinski definition) is 1. The van der Waals surface area contributed by atoms with E-state index in [1.54, 1.807) is 0 Å². The van der Waals surface area contributed by atoms with Gasteiger partial charge in [-0.15, -0.1) is 0 Å². The molecule has 2 rings (SSSR count). The third kappa shape index (κ3) is 3.24. The average Bonchev–Trinajstić information content (AvgIpc) is 3.01. The summed E-state index contributed by atoms with van der Waals surface area (Å²) in [4.78, 5) is 22.6. The van der Waals surface area contributed by atoms with E-state index in [-0.39, 0.29) is 11.9 Å². The van der Waals surface area contributed by atoms with Gasteiger partial charge in [-0.25, -0.2) is 0 Å². The molecule has 18 heavy (non-hydrogen) atoms. The van der Waals surface area contributed by atoms with E-state index in [4.69, 9.17) is 0 Å². The number of carbonyl (C=O) groups excluding carboxylic acids is 2. The van der Waals surface area contributed by atoms with Crippen LogP contribution in [-0.4, -0.2) is 25.0 Å². The molecule has 4 nitrogen and oxygen atoms in total. The molecule has 4 heteroatoms. The van der Waals surface area contributed by atoms with Crippen molar-refractivity contribution in [1.29, 1.82) is 0 Å². The Kier molecular flexibility index (Phi) is 4.25. The molecule has 2 aliphatic carbocycles. The van der Waals surface area contributed by atoms with Crippen LogP contribution < -0.4 is 5.32 Å². The molecular weight excluding hydrogens is 230 g/mol. The maximum Gasteiger partial charge on any atom is 0.305 e. The predicted molar refractivity (Wildman–Crippen MR) is 67.9 cm³/mol. The molecule has 0 aromatic heterocycles. The zero-order chi connectivity index (χ0) is 13.0. The minimum atomic E-state index is -0.238. The summed E-state index contributed by atoms with van der Waals surface area (Å²) >= 11 is 0. The van der Waals surface area contributed by atoms with E-state index in [0.717, 1.165) is 6.42 Å². The summed E-state index contributed by atoms with van der Waals surface area (Å²) in [6.07, 6.45) is 9.04. The molecule has 0 saturated heterocycles. The SMILES string of the molecule is COC(=O)CCCC(=O)N[C@H]1CC12CCCCC2. The van der Waals surface area contributed by atoms with Crippen LogP contribution in [0.4, 0.5) is 0 Å². The first-order chi connectivity index (χ1) is 8.66. The Balaban J connectivity index is 1.62. The second kappa shape index (κ2) is 5.72. The first-order valence-corrected chi connectivity index (χ1v) is 7.02. The Bertz CT molecular complexity index is 321. The van der Waals surface area contributed by atoms with Gasteiger partial charge in [0.1, 0.15) is 0 Å². The molecule has 1 N–H and O–H groups in total. The van der Waals surface area contributed by atoms with Gasteiger partial charge in [0.15, 0.2) is 0 Å². The van der Waals surface area contributed by atoms with E-state index in [2.05, 4.69) is 10.1 Å². The molecule has 2 fully saturated rings. The lowest BCUT2D eigenvalue weighted by Gasteiger charge is -2.22. The van der Waals surface area contributed by atoms with Crippen molar-refractivity contribution in [3.63, 3.8) is 0 Å². The van der Waals surface area contributed by atoms with E-state index in [1.807, 2.05) is 0 Å². The second-order valence-corrected chi connectivity index (χ2v) is 5.68. The summed E-state index contributed by atoms with van der Waals surface area (Å²) in [5.41, 5.74) is 0.441. The van der Waals surface area contributed by atoms with Gasteiger partial charge in [-0.1, -0.05) is 19.3 Å². The summed E-state index contributed by atoms with van der Waals surface area (Å²) in [6.45, 7) is 0. The maximum atomic E-state index is 11.7. The fraction of sp³-hybridized carbons (Fsp3) is 0.857. The molecule has 0 heterocycles. The zero-order valence-corrected chi connectivity index (χ0v) is 11.2. The van der Waals surface area contributed by atoms with E-state index in [0.29, 0.717) is 30.7 Å². The van der Waals surface area contributed by atoms with Crippen molar-refractivity contribution in [2.75, 3.05) is 7.11 Å². The predicted octanol–water partition coefficient (Wildman–Crippen LogP) is 2.17. The molecular formula is C14H23NO3. The van der Waals surface area contributed by atoms with Gasteiger partial charge in [0, 0.05) is 18.9 Å². The largest absolute Gasteiger partial charge is 0.469 e. The van der Waals surface area contributed by atoms with Crippen molar-refractivity contribution >= 4 is 11.9 Å². The van der Waals surface area contributed by atoms with Crippen LogP contribution in [0.2, 0.25) is 0 Å². The van der Waals surface area contributed by atoms with Crippen LogP contribution in [-0.2, 0) is 14.3 Å². The number of methoxy groups -OCH3 is 1. The standard InChI is InChI=1S/C14H23NO3/c1-18-13(17)7-5-6-12(16)15-11-10-14(11)8-3-2-4-9-14/h11H,2-10H2,1H3,(H,15,16)/t11-/m0/s1. The fourth-order valence-corrected chi connectivity index (χ4v) is 3.12. The number of amides is 1. The average molecular weight is 253 g/mol. The van der Waals surface area contributed by atoms with Crippen LogP contribution in [0.3, 0.4) is 0 Å². The highest BCUT2D eigenvalue weighted by Gasteiger charge is 2.54. The van der Waals surface area contributed by atoms with Gasteiger partial charge in [0.25, 0.3) is 0 Å². The molecule has 0 unspecified atom stereocenters. The Hall–Kier alpha value is -1.06. The Morgan fingerprint density at radius 1 is 1.22 bits per heavy atom. The molecule has 0 radical (unpaired) electrons. The van der Waals surface area contributed by atoms with Crippen LogP contribution in [0.25, 0.3) is 0 Å². The number of nitrogens with one attached hydrogen (secondary N) is 1. The molecule has 0 aromatic carbocycles. The van der Waals surface area contributed by atoms with Gasteiger partial charge in [0.2, 0.25) is 5.91 Å². The molecule has 2 saturated carbocycles. The van der Waals surface area contributed by atoms with Crippen molar-refractivity contribution in [2.24, 2.45) is 5.41 Å². The van der Waals surface area contributed by atoms with Crippen LogP contribution in [0, 0.1) is 5.41 Å². The van der Waals surface area contributed by atoms with E-state index >= 15 is 0 Å². The third-order valence-corrected chi connectivity index (χ3v) is 4.39. The van der Waals surface area contributed by atoms with Crippen molar-refractivity contribution in [2.45, 2.75) is 63.8 Å². The van der Waals surface area contributed by atoms with E-state index in [1.165, 1.54) is 39.2 Å². The normalized spacial score (nSPS) is 24.6. The molecule has 0 aliphatic heterocycles. The third-order valence-electron chi connectivity index (χ3n) is 4.39. The number of hydrogen-bond acceptors (Lipinski definition) is 3. The van der Waals surface area contributed by atoms with Crippen LogP contribution in [0.15, 0.2) is 0 Å². The highest BCUT2D eigenvalue weighted by atomic mass is 16.5. The number of ether oxygens (including phenoxy) is 1.